The summed E-state index contributed by atoms with van der Waals surface area (Å²) < 4.78 is 7.69. The number of hydrogen-bond acceptors (Lipinski definition) is 4. The summed E-state index contributed by atoms with van der Waals surface area (Å²) in [7, 11) is 3.89. The van der Waals surface area contributed by atoms with Gasteiger partial charge in [-0.05, 0) is 12.3 Å². The van der Waals surface area contributed by atoms with Crippen LogP contribution in [-0.2, 0) is 0 Å². The van der Waals surface area contributed by atoms with Gasteiger partial charge in [0, 0.05) is 25.7 Å². The number of aryl methyl sites for hydroxylation is 1. The molecule has 0 aromatic carbocycles. The minimum Gasteiger partial charge on any atom is -0.439 e. The minimum atomic E-state index is 0.809. The summed E-state index contributed by atoms with van der Waals surface area (Å²) in [6, 6.07) is 1.90. The molecule has 0 saturated heterocycles. The molecule has 0 aliphatic carbocycles. The molecular weight excluding hydrogens is 214 g/mol. The van der Waals surface area contributed by atoms with Gasteiger partial charge in [-0.1, -0.05) is 12.2 Å². The van der Waals surface area contributed by atoms with E-state index in [1.807, 2.05) is 32.0 Å². The quantitative estimate of drug-likeness (QED) is 0.690. The van der Waals surface area contributed by atoms with Gasteiger partial charge in [0.05, 0.1) is 9.21 Å². The molecule has 0 aliphatic rings. The number of hydrogen-bond donors (Lipinski definition) is 0. The van der Waals surface area contributed by atoms with Crippen molar-refractivity contribution in [2.45, 2.75) is 6.92 Å². The second-order valence-corrected chi connectivity index (χ2v) is 4.74. The number of nitrogens with zero attached hydrogens (tertiary/aromatic N) is 1. The average Bonchev–Trinajstić information content (AvgIpc) is 2.48. The highest BCUT2D eigenvalue weighted by Crippen LogP contribution is 2.30. The van der Waals surface area contributed by atoms with Crippen molar-refractivity contribution in [2.75, 3.05) is 19.0 Å². The van der Waals surface area contributed by atoms with Crippen molar-refractivity contribution in [1.29, 1.82) is 0 Å². The molecule has 0 aliphatic heterocycles. The lowest BCUT2D eigenvalue weighted by Gasteiger charge is -2.10. The van der Waals surface area contributed by atoms with Gasteiger partial charge in [0.15, 0.2) is 11.5 Å². The zero-order chi connectivity index (χ0) is 10.3. The molecule has 2 rings (SSSR count). The van der Waals surface area contributed by atoms with Gasteiger partial charge in [0.1, 0.15) is 0 Å². The molecule has 14 heavy (non-hydrogen) atoms. The topological polar surface area (TPSA) is 16.4 Å². The van der Waals surface area contributed by atoms with Crippen LogP contribution in [0.25, 0.3) is 10.3 Å². The zero-order valence-corrected chi connectivity index (χ0v) is 9.96. The van der Waals surface area contributed by atoms with E-state index in [4.69, 9.17) is 16.6 Å². The Morgan fingerprint density at radius 3 is 2.79 bits per heavy atom. The van der Waals surface area contributed by atoms with Crippen LogP contribution in [0.2, 0.25) is 0 Å². The first-order chi connectivity index (χ1) is 6.59. The lowest BCUT2D eigenvalue weighted by molar-refractivity contribution is 0.597. The monoisotopic (exact) mass is 225 g/mol. The van der Waals surface area contributed by atoms with Crippen LogP contribution < -0.4 is 4.90 Å². The van der Waals surface area contributed by atoms with Crippen LogP contribution in [0.3, 0.4) is 0 Å². The molecule has 0 N–H and O–H groups in total. The van der Waals surface area contributed by atoms with Gasteiger partial charge >= 0.3 is 0 Å². The Labute approximate surface area is 91.8 Å². The molecule has 0 spiro atoms. The number of anilines is 1. The molecule has 0 amide bonds. The highest BCUT2D eigenvalue weighted by atomic mass is 32.1. The second-order valence-electron chi connectivity index (χ2n) is 3.42. The predicted octanol–water partition coefficient (Wildman–Crippen LogP) is 3.60. The van der Waals surface area contributed by atoms with Crippen molar-refractivity contribution < 1.29 is 4.42 Å². The van der Waals surface area contributed by atoms with Gasteiger partial charge in [-0.25, -0.2) is 0 Å². The van der Waals surface area contributed by atoms with E-state index in [-0.39, 0.29) is 0 Å². The molecule has 2 heterocycles. The fourth-order valence-electron chi connectivity index (χ4n) is 1.26. The van der Waals surface area contributed by atoms with Crippen LogP contribution in [0, 0.1) is 11.4 Å². The van der Waals surface area contributed by atoms with Gasteiger partial charge in [-0.15, -0.1) is 11.3 Å². The molecule has 2 aromatic rings. The molecule has 74 valence electrons. The van der Waals surface area contributed by atoms with Crippen molar-refractivity contribution >= 4 is 39.7 Å². The first kappa shape index (κ1) is 9.68. The van der Waals surface area contributed by atoms with Gasteiger partial charge < -0.3 is 9.32 Å². The standard InChI is InChI=1S/C10H11NOS2/c1-6-5-14-10-7(13)4-8(11(2)3)12-9(6)10/h4-5H,1-3H3. The molecule has 2 aromatic heterocycles. The third-order valence-electron chi connectivity index (χ3n) is 2.04. The zero-order valence-electron chi connectivity index (χ0n) is 8.33. The molecule has 0 bridgehead atoms. The normalized spacial score (nSPS) is 10.8. The van der Waals surface area contributed by atoms with Crippen molar-refractivity contribution in [3.63, 3.8) is 0 Å². The molecule has 0 radical (unpaired) electrons. The minimum absolute atomic E-state index is 0.809. The van der Waals surface area contributed by atoms with E-state index in [1.165, 1.54) is 0 Å². The lowest BCUT2D eigenvalue weighted by Crippen LogP contribution is -2.08. The number of thiophene rings is 1. The average molecular weight is 225 g/mol. The molecule has 0 atom stereocenters. The first-order valence-corrected chi connectivity index (χ1v) is 5.57. The summed E-state index contributed by atoms with van der Waals surface area (Å²) in [6.45, 7) is 2.04. The van der Waals surface area contributed by atoms with E-state index in [9.17, 15) is 0 Å². The number of fused-ring (bicyclic) bond motifs is 1. The van der Waals surface area contributed by atoms with Crippen molar-refractivity contribution in [3.8, 4) is 0 Å². The van der Waals surface area contributed by atoms with Gasteiger partial charge in [0.2, 0.25) is 0 Å². The molecule has 0 saturated carbocycles. The van der Waals surface area contributed by atoms with Crippen molar-refractivity contribution in [2.24, 2.45) is 0 Å². The van der Waals surface area contributed by atoms with Crippen molar-refractivity contribution in [1.82, 2.24) is 0 Å². The van der Waals surface area contributed by atoms with Crippen LogP contribution in [-0.4, -0.2) is 14.1 Å². The summed E-state index contributed by atoms with van der Waals surface area (Å²) in [5.41, 5.74) is 2.08. The highest BCUT2D eigenvalue weighted by Gasteiger charge is 2.07. The van der Waals surface area contributed by atoms with Crippen molar-refractivity contribution in [3.05, 3.63) is 21.5 Å². The van der Waals surface area contributed by atoms with Crippen LogP contribution in [0.4, 0.5) is 5.88 Å². The predicted molar refractivity (Wildman–Crippen MR) is 64.0 cm³/mol. The summed E-state index contributed by atoms with van der Waals surface area (Å²) in [4.78, 5) is 1.92. The van der Waals surface area contributed by atoms with E-state index in [0.717, 1.165) is 26.2 Å². The summed E-state index contributed by atoms with van der Waals surface area (Å²) in [5.74, 6) is 0.809. The fraction of sp³-hybridized carbons (Fsp3) is 0.300. The molecule has 0 fully saturated rings. The summed E-state index contributed by atoms with van der Waals surface area (Å²) in [5, 5.41) is 2.07. The summed E-state index contributed by atoms with van der Waals surface area (Å²) >= 11 is 6.94. The van der Waals surface area contributed by atoms with Crippen LogP contribution in [0.15, 0.2) is 15.9 Å². The second kappa shape index (κ2) is 3.37. The third kappa shape index (κ3) is 1.44. The Morgan fingerprint density at radius 1 is 1.43 bits per heavy atom. The number of rotatable bonds is 1. The smallest absolute Gasteiger partial charge is 0.197 e. The van der Waals surface area contributed by atoms with Gasteiger partial charge in [-0.2, -0.15) is 0 Å². The maximum absolute atomic E-state index is 5.74. The molecule has 4 heteroatoms. The maximum atomic E-state index is 5.74. The SMILES string of the molecule is Cc1csc2c(=S)cc(N(C)C)oc12. The largest absolute Gasteiger partial charge is 0.439 e. The maximum Gasteiger partial charge on any atom is 0.197 e. The Bertz CT molecular complexity index is 524. The fourth-order valence-corrected chi connectivity index (χ4v) is 2.49. The van der Waals surface area contributed by atoms with Crippen LogP contribution in [0.5, 0.6) is 0 Å². The van der Waals surface area contributed by atoms with E-state index in [0.29, 0.717) is 0 Å². The Balaban J connectivity index is 2.82. The molecule has 2 nitrogen and oxygen atoms in total. The van der Waals surface area contributed by atoms with Crippen LogP contribution in [0.1, 0.15) is 5.56 Å². The Morgan fingerprint density at radius 2 is 2.14 bits per heavy atom. The van der Waals surface area contributed by atoms with Crippen LogP contribution >= 0.6 is 23.6 Å². The highest BCUT2D eigenvalue weighted by molar-refractivity contribution is 7.72. The van der Waals surface area contributed by atoms with E-state index < -0.39 is 0 Å². The van der Waals surface area contributed by atoms with E-state index in [1.54, 1.807) is 11.3 Å². The van der Waals surface area contributed by atoms with Gasteiger partial charge in [0.25, 0.3) is 0 Å². The molecular formula is C10H11NOS2. The third-order valence-corrected chi connectivity index (χ3v) is 3.61. The Kier molecular flexibility index (Phi) is 2.33. The first-order valence-electron chi connectivity index (χ1n) is 4.29. The lowest BCUT2D eigenvalue weighted by atomic mass is 10.3. The molecule has 0 unspecified atom stereocenters. The van der Waals surface area contributed by atoms with E-state index in [2.05, 4.69) is 5.38 Å². The summed E-state index contributed by atoms with van der Waals surface area (Å²) in [6.07, 6.45) is 0. The van der Waals surface area contributed by atoms with Gasteiger partial charge in [-0.3, -0.25) is 0 Å². The van der Waals surface area contributed by atoms with E-state index >= 15 is 0 Å². The Hall–Kier alpha value is -0.870.